The molecule has 1 N–H and O–H groups in total. The van der Waals surface area contributed by atoms with Crippen LogP contribution in [0.25, 0.3) is 10.9 Å². The van der Waals surface area contributed by atoms with E-state index in [2.05, 4.69) is 9.88 Å². The van der Waals surface area contributed by atoms with Crippen LogP contribution in [0.3, 0.4) is 0 Å². The van der Waals surface area contributed by atoms with Gasteiger partial charge in [-0.15, -0.1) is 0 Å². The molecule has 2 saturated heterocycles. The summed E-state index contributed by atoms with van der Waals surface area (Å²) in [6, 6.07) is 12.8. The number of aromatic amines is 1. The van der Waals surface area contributed by atoms with Gasteiger partial charge in [-0.2, -0.15) is 0 Å². The summed E-state index contributed by atoms with van der Waals surface area (Å²) in [7, 11) is 1.64. The molecule has 2 aliphatic heterocycles. The Hall–Kier alpha value is -3.59. The van der Waals surface area contributed by atoms with Crippen molar-refractivity contribution in [3.63, 3.8) is 0 Å². The molecule has 2 aromatic carbocycles. The minimum absolute atomic E-state index is 0.110. The van der Waals surface area contributed by atoms with Crippen LogP contribution in [0.15, 0.2) is 52.1 Å². The summed E-state index contributed by atoms with van der Waals surface area (Å²) < 4.78 is 12.0. The second-order valence-corrected chi connectivity index (χ2v) is 8.72. The number of carbonyl (C=O) groups is 1. The average Bonchev–Trinajstić information content (AvgIpc) is 3.39. The van der Waals surface area contributed by atoms with Crippen LogP contribution in [0.4, 0.5) is 5.69 Å². The Morgan fingerprint density at radius 3 is 2.53 bits per heavy atom. The Kier molecular flexibility index (Phi) is 6.10. The Balaban J connectivity index is 1.30. The molecule has 34 heavy (non-hydrogen) atoms. The fraction of sp³-hybridized carbons (Fsp3) is 0.400. The first-order chi connectivity index (χ1) is 16.5. The van der Waals surface area contributed by atoms with Gasteiger partial charge in [0, 0.05) is 44.0 Å². The first-order valence-electron chi connectivity index (χ1n) is 11.6. The lowest BCUT2D eigenvalue weighted by Gasteiger charge is -2.36. The highest BCUT2D eigenvalue weighted by Crippen LogP contribution is 2.21. The van der Waals surface area contributed by atoms with Gasteiger partial charge < -0.3 is 24.3 Å². The Morgan fingerprint density at radius 1 is 1.09 bits per heavy atom. The number of fused-ring (bicyclic) bond motifs is 1. The summed E-state index contributed by atoms with van der Waals surface area (Å²) in [4.78, 5) is 45.4. The molecule has 9 heteroatoms. The van der Waals surface area contributed by atoms with Crippen LogP contribution in [-0.2, 0) is 11.3 Å². The SMILES string of the molecule is COc1ccc(N2CCN(C(=O)c3ccc4c(=O)n(C[C@@H]5CCCO5)c(=O)[nH]c4c3)CC2)cc1. The van der Waals surface area contributed by atoms with Crippen LogP contribution < -0.4 is 20.9 Å². The van der Waals surface area contributed by atoms with Crippen molar-refractivity contribution in [1.29, 1.82) is 0 Å². The summed E-state index contributed by atoms with van der Waals surface area (Å²) in [5, 5.41) is 0.387. The van der Waals surface area contributed by atoms with Crippen molar-refractivity contribution in [2.45, 2.75) is 25.5 Å². The van der Waals surface area contributed by atoms with Crippen molar-refractivity contribution in [1.82, 2.24) is 14.5 Å². The quantitative estimate of drug-likeness (QED) is 0.619. The van der Waals surface area contributed by atoms with E-state index >= 15 is 0 Å². The van der Waals surface area contributed by atoms with E-state index in [0.29, 0.717) is 36.2 Å². The van der Waals surface area contributed by atoms with E-state index < -0.39 is 5.69 Å². The Bertz CT molecular complexity index is 1300. The van der Waals surface area contributed by atoms with E-state index in [1.165, 1.54) is 4.57 Å². The Morgan fingerprint density at radius 2 is 1.85 bits per heavy atom. The zero-order valence-electron chi connectivity index (χ0n) is 19.2. The number of ether oxygens (including phenoxy) is 2. The summed E-state index contributed by atoms with van der Waals surface area (Å²) in [6.07, 6.45) is 1.65. The third-order valence-electron chi connectivity index (χ3n) is 6.64. The maximum atomic E-state index is 13.1. The highest BCUT2D eigenvalue weighted by molar-refractivity contribution is 5.97. The molecule has 3 heterocycles. The van der Waals surface area contributed by atoms with Gasteiger partial charge in [-0.25, -0.2) is 4.79 Å². The molecule has 2 fully saturated rings. The number of H-pyrrole nitrogens is 1. The van der Waals surface area contributed by atoms with Crippen molar-refractivity contribution in [2.75, 3.05) is 44.8 Å². The minimum Gasteiger partial charge on any atom is -0.497 e. The molecule has 1 atom stereocenters. The summed E-state index contributed by atoms with van der Waals surface area (Å²) in [5.74, 6) is 0.700. The van der Waals surface area contributed by atoms with Crippen LogP contribution in [0, 0.1) is 0 Å². The fourth-order valence-corrected chi connectivity index (χ4v) is 4.69. The second kappa shape index (κ2) is 9.34. The maximum absolute atomic E-state index is 13.1. The third-order valence-corrected chi connectivity index (χ3v) is 6.64. The molecule has 2 aliphatic rings. The second-order valence-electron chi connectivity index (χ2n) is 8.72. The number of amides is 1. The number of methoxy groups -OCH3 is 1. The molecule has 0 radical (unpaired) electrons. The van der Waals surface area contributed by atoms with Gasteiger partial charge in [-0.05, 0) is 55.3 Å². The van der Waals surface area contributed by atoms with Crippen LogP contribution in [0.2, 0.25) is 0 Å². The first kappa shape index (κ1) is 22.2. The Labute approximate surface area is 196 Å². The monoisotopic (exact) mass is 464 g/mol. The van der Waals surface area contributed by atoms with E-state index in [4.69, 9.17) is 9.47 Å². The van der Waals surface area contributed by atoms with Crippen LogP contribution in [-0.4, -0.2) is 66.4 Å². The van der Waals surface area contributed by atoms with Crippen LogP contribution >= 0.6 is 0 Å². The van der Waals surface area contributed by atoms with E-state index in [1.54, 1.807) is 30.2 Å². The molecule has 0 aliphatic carbocycles. The van der Waals surface area contributed by atoms with Gasteiger partial charge in [0.1, 0.15) is 5.75 Å². The first-order valence-corrected chi connectivity index (χ1v) is 11.6. The van der Waals surface area contributed by atoms with Gasteiger partial charge in [0.15, 0.2) is 0 Å². The molecule has 1 amide bonds. The average molecular weight is 465 g/mol. The molecule has 0 spiro atoms. The highest BCUT2D eigenvalue weighted by atomic mass is 16.5. The number of nitrogens with one attached hydrogen (secondary N) is 1. The lowest BCUT2D eigenvalue weighted by atomic mass is 10.1. The zero-order valence-corrected chi connectivity index (χ0v) is 19.2. The predicted molar refractivity (Wildman–Crippen MR) is 129 cm³/mol. The molecular weight excluding hydrogens is 436 g/mol. The van der Waals surface area contributed by atoms with Crippen molar-refractivity contribution in [3.8, 4) is 5.75 Å². The fourth-order valence-electron chi connectivity index (χ4n) is 4.69. The summed E-state index contributed by atoms with van der Waals surface area (Å²) in [6.45, 7) is 3.51. The number of carbonyl (C=O) groups excluding carboxylic acids is 1. The van der Waals surface area contributed by atoms with Crippen molar-refractivity contribution in [3.05, 3.63) is 68.9 Å². The number of benzene rings is 2. The van der Waals surface area contributed by atoms with Crippen molar-refractivity contribution in [2.24, 2.45) is 0 Å². The number of aromatic nitrogens is 2. The molecule has 1 aromatic heterocycles. The normalized spacial score (nSPS) is 18.4. The van der Waals surface area contributed by atoms with E-state index in [9.17, 15) is 14.4 Å². The van der Waals surface area contributed by atoms with Gasteiger partial charge in [-0.3, -0.25) is 14.2 Å². The highest BCUT2D eigenvalue weighted by Gasteiger charge is 2.24. The predicted octanol–water partition coefficient (Wildman–Crippen LogP) is 1.84. The number of hydrogen-bond acceptors (Lipinski definition) is 6. The van der Waals surface area contributed by atoms with Crippen LogP contribution in [0.5, 0.6) is 5.75 Å². The molecule has 5 rings (SSSR count). The van der Waals surface area contributed by atoms with E-state index in [0.717, 1.165) is 37.4 Å². The smallest absolute Gasteiger partial charge is 0.328 e. The van der Waals surface area contributed by atoms with Gasteiger partial charge in [-0.1, -0.05) is 0 Å². The molecule has 178 valence electrons. The van der Waals surface area contributed by atoms with Crippen molar-refractivity contribution >= 4 is 22.5 Å². The number of anilines is 1. The lowest BCUT2D eigenvalue weighted by Crippen LogP contribution is -2.48. The zero-order chi connectivity index (χ0) is 23.7. The number of rotatable bonds is 5. The largest absolute Gasteiger partial charge is 0.497 e. The molecule has 0 unspecified atom stereocenters. The topological polar surface area (TPSA) is 96.9 Å². The molecule has 3 aromatic rings. The number of nitrogens with zero attached hydrogens (tertiary/aromatic N) is 3. The lowest BCUT2D eigenvalue weighted by molar-refractivity contribution is 0.0747. The number of hydrogen-bond donors (Lipinski definition) is 1. The molecule has 0 saturated carbocycles. The van der Waals surface area contributed by atoms with Gasteiger partial charge >= 0.3 is 5.69 Å². The summed E-state index contributed by atoms with van der Waals surface area (Å²) in [5.41, 5.74) is 1.08. The van der Waals surface area contributed by atoms with Gasteiger partial charge in [0.25, 0.3) is 11.5 Å². The van der Waals surface area contributed by atoms with Gasteiger partial charge in [0.2, 0.25) is 0 Å². The summed E-state index contributed by atoms with van der Waals surface area (Å²) >= 11 is 0. The third kappa shape index (κ3) is 4.31. The molecule has 0 bridgehead atoms. The molecule has 9 nitrogen and oxygen atoms in total. The van der Waals surface area contributed by atoms with Crippen molar-refractivity contribution < 1.29 is 14.3 Å². The number of piperazine rings is 1. The maximum Gasteiger partial charge on any atom is 0.328 e. The van der Waals surface area contributed by atoms with Gasteiger partial charge in [0.05, 0.1) is 30.7 Å². The van der Waals surface area contributed by atoms with E-state index in [-0.39, 0.29) is 24.1 Å². The molecular formula is C25H28N4O5. The standard InChI is InChI=1S/C25H28N4O5/c1-33-19-7-5-18(6-8-19)27-10-12-28(13-11-27)23(30)17-4-9-21-22(15-17)26-25(32)29(24(21)31)16-20-3-2-14-34-20/h4-9,15,20H,2-3,10-14,16H2,1H3,(H,26,32)/t20-/m0/s1. The van der Waals surface area contributed by atoms with Crippen LogP contribution in [0.1, 0.15) is 23.2 Å². The van der Waals surface area contributed by atoms with E-state index in [1.807, 2.05) is 24.3 Å². The minimum atomic E-state index is -0.481.